The van der Waals surface area contributed by atoms with Gasteiger partial charge in [0.15, 0.2) is 0 Å². The number of nitrogens with zero attached hydrogens (tertiary/aromatic N) is 2. The van der Waals surface area contributed by atoms with E-state index in [2.05, 4.69) is 36.2 Å². The summed E-state index contributed by atoms with van der Waals surface area (Å²) in [4.78, 5) is 4.63. The third kappa shape index (κ3) is 2.98. The zero-order chi connectivity index (χ0) is 14.7. The van der Waals surface area contributed by atoms with E-state index >= 15 is 0 Å². The van der Waals surface area contributed by atoms with Gasteiger partial charge < -0.3 is 0 Å². The summed E-state index contributed by atoms with van der Waals surface area (Å²) in [7, 11) is 0. The molecule has 0 spiro atoms. The number of rotatable bonds is 2. The summed E-state index contributed by atoms with van der Waals surface area (Å²) in [6.07, 6.45) is 3.99. The minimum atomic E-state index is 0.673. The van der Waals surface area contributed by atoms with E-state index in [-0.39, 0.29) is 0 Å². The zero-order valence-electron chi connectivity index (χ0n) is 11.7. The Hall–Kier alpha value is -2.92. The van der Waals surface area contributed by atoms with E-state index in [1.807, 2.05) is 48.6 Å². The van der Waals surface area contributed by atoms with Crippen LogP contribution in [0.5, 0.6) is 0 Å². The zero-order valence-corrected chi connectivity index (χ0v) is 11.7. The third-order valence-electron chi connectivity index (χ3n) is 3.35. The maximum Gasteiger partial charge on any atom is 0.0991 e. The lowest BCUT2D eigenvalue weighted by Crippen LogP contribution is -1.84. The number of aryl methyl sites for hydroxylation is 1. The van der Waals surface area contributed by atoms with Crippen LogP contribution in [-0.2, 0) is 0 Å². The number of fused-ring (bicyclic) bond motifs is 1. The quantitative estimate of drug-likeness (QED) is 0.683. The number of benzene rings is 2. The second kappa shape index (κ2) is 5.60. The minimum absolute atomic E-state index is 0.673. The lowest BCUT2D eigenvalue weighted by Gasteiger charge is -2.00. The third-order valence-corrected chi connectivity index (χ3v) is 3.35. The molecule has 100 valence electrons. The van der Waals surface area contributed by atoms with Gasteiger partial charge in [0.2, 0.25) is 0 Å². The summed E-state index contributed by atoms with van der Waals surface area (Å²) in [5.41, 5.74) is 4.90. The van der Waals surface area contributed by atoms with Crippen LogP contribution in [0.4, 0.5) is 0 Å². The van der Waals surface area contributed by atoms with Crippen molar-refractivity contribution in [2.24, 2.45) is 0 Å². The molecule has 0 aliphatic rings. The van der Waals surface area contributed by atoms with Gasteiger partial charge in [0.25, 0.3) is 0 Å². The average molecular weight is 270 g/mol. The first-order valence-electron chi connectivity index (χ1n) is 6.80. The molecule has 0 amide bonds. The molecule has 0 saturated heterocycles. The number of pyridine rings is 1. The fourth-order valence-corrected chi connectivity index (χ4v) is 2.20. The number of aromatic nitrogens is 1. The molecular formula is C19H14N2. The van der Waals surface area contributed by atoms with Crippen LogP contribution in [0.1, 0.15) is 22.4 Å². The van der Waals surface area contributed by atoms with E-state index in [9.17, 15) is 0 Å². The van der Waals surface area contributed by atoms with Crippen molar-refractivity contribution >= 4 is 23.1 Å². The van der Waals surface area contributed by atoms with Gasteiger partial charge in [-0.1, -0.05) is 35.9 Å². The summed E-state index contributed by atoms with van der Waals surface area (Å²) in [6, 6.07) is 20.0. The van der Waals surface area contributed by atoms with Crippen LogP contribution in [-0.4, -0.2) is 4.98 Å². The van der Waals surface area contributed by atoms with Crippen molar-refractivity contribution in [1.82, 2.24) is 4.98 Å². The van der Waals surface area contributed by atoms with Crippen LogP contribution in [0.25, 0.3) is 23.1 Å². The molecule has 0 atom stereocenters. The van der Waals surface area contributed by atoms with Crippen LogP contribution < -0.4 is 0 Å². The van der Waals surface area contributed by atoms with E-state index in [0.29, 0.717) is 5.56 Å². The normalized spacial score (nSPS) is 10.9. The van der Waals surface area contributed by atoms with Crippen molar-refractivity contribution in [3.63, 3.8) is 0 Å². The minimum Gasteiger partial charge on any atom is -0.248 e. The Morgan fingerprint density at radius 3 is 2.52 bits per heavy atom. The molecule has 0 saturated carbocycles. The van der Waals surface area contributed by atoms with Crippen LogP contribution in [0.15, 0.2) is 54.6 Å². The Labute approximate surface area is 124 Å². The van der Waals surface area contributed by atoms with Gasteiger partial charge >= 0.3 is 0 Å². The topological polar surface area (TPSA) is 36.7 Å². The molecule has 0 unspecified atom stereocenters. The van der Waals surface area contributed by atoms with Crippen molar-refractivity contribution in [1.29, 1.82) is 5.26 Å². The Morgan fingerprint density at radius 1 is 0.952 bits per heavy atom. The van der Waals surface area contributed by atoms with Crippen molar-refractivity contribution < 1.29 is 0 Å². The standard InChI is InChI=1S/C19H14N2/c1-14-2-11-19-17(12-14)8-10-18(21-19)9-7-15-3-5-16(13-20)6-4-15/h2-12H,1H3. The average Bonchev–Trinajstić information content (AvgIpc) is 2.53. The van der Waals surface area contributed by atoms with Crippen molar-refractivity contribution in [3.05, 3.63) is 77.0 Å². The first kappa shape index (κ1) is 13.1. The van der Waals surface area contributed by atoms with Crippen molar-refractivity contribution in [2.75, 3.05) is 0 Å². The lowest BCUT2D eigenvalue weighted by molar-refractivity contribution is 1.36. The number of hydrogen-bond acceptors (Lipinski definition) is 2. The van der Waals surface area contributed by atoms with E-state index in [4.69, 9.17) is 5.26 Å². The monoisotopic (exact) mass is 270 g/mol. The highest BCUT2D eigenvalue weighted by Gasteiger charge is 1.96. The van der Waals surface area contributed by atoms with Gasteiger partial charge in [-0.25, -0.2) is 4.98 Å². The molecule has 0 bridgehead atoms. The van der Waals surface area contributed by atoms with Gasteiger partial charge in [-0.05, 0) is 48.9 Å². The van der Waals surface area contributed by atoms with E-state index in [0.717, 1.165) is 22.2 Å². The SMILES string of the molecule is Cc1ccc2nc(C=Cc3ccc(C#N)cc3)ccc2c1. The van der Waals surface area contributed by atoms with Gasteiger partial charge in [0.1, 0.15) is 0 Å². The Kier molecular flexibility index (Phi) is 3.49. The summed E-state index contributed by atoms with van der Waals surface area (Å²) in [5, 5.41) is 9.94. The maximum absolute atomic E-state index is 8.78. The Balaban J connectivity index is 1.88. The predicted molar refractivity (Wildman–Crippen MR) is 86.6 cm³/mol. The molecule has 3 aromatic rings. The van der Waals surface area contributed by atoms with Crippen LogP contribution >= 0.6 is 0 Å². The van der Waals surface area contributed by atoms with Gasteiger partial charge in [-0.3, -0.25) is 0 Å². The lowest BCUT2D eigenvalue weighted by atomic mass is 10.1. The van der Waals surface area contributed by atoms with Gasteiger partial charge in [0, 0.05) is 5.39 Å². The molecule has 2 heteroatoms. The molecule has 0 radical (unpaired) electrons. The van der Waals surface area contributed by atoms with E-state index < -0.39 is 0 Å². The number of hydrogen-bond donors (Lipinski definition) is 0. The molecule has 3 rings (SSSR count). The molecule has 0 fully saturated rings. The fraction of sp³-hybridized carbons (Fsp3) is 0.0526. The molecular weight excluding hydrogens is 256 g/mol. The summed E-state index contributed by atoms with van der Waals surface area (Å²) in [6.45, 7) is 2.08. The van der Waals surface area contributed by atoms with Crippen molar-refractivity contribution in [3.8, 4) is 6.07 Å². The molecule has 0 N–H and O–H groups in total. The molecule has 0 aliphatic carbocycles. The van der Waals surface area contributed by atoms with Gasteiger partial charge in [-0.15, -0.1) is 0 Å². The Morgan fingerprint density at radius 2 is 1.76 bits per heavy atom. The second-order valence-electron chi connectivity index (χ2n) is 5.00. The smallest absolute Gasteiger partial charge is 0.0991 e. The van der Waals surface area contributed by atoms with Gasteiger partial charge in [0.05, 0.1) is 22.8 Å². The predicted octanol–water partition coefficient (Wildman–Crippen LogP) is 4.59. The van der Waals surface area contributed by atoms with Crippen LogP contribution in [0.3, 0.4) is 0 Å². The maximum atomic E-state index is 8.78. The first-order chi connectivity index (χ1) is 10.2. The molecule has 2 aromatic carbocycles. The highest BCUT2D eigenvalue weighted by atomic mass is 14.7. The summed E-state index contributed by atoms with van der Waals surface area (Å²) in [5.74, 6) is 0. The van der Waals surface area contributed by atoms with Crippen LogP contribution in [0, 0.1) is 18.3 Å². The number of nitriles is 1. The first-order valence-corrected chi connectivity index (χ1v) is 6.80. The largest absolute Gasteiger partial charge is 0.248 e. The second-order valence-corrected chi connectivity index (χ2v) is 5.00. The molecule has 2 nitrogen and oxygen atoms in total. The van der Waals surface area contributed by atoms with Crippen LogP contribution in [0.2, 0.25) is 0 Å². The summed E-state index contributed by atoms with van der Waals surface area (Å²) >= 11 is 0. The molecule has 1 aromatic heterocycles. The van der Waals surface area contributed by atoms with Crippen molar-refractivity contribution in [2.45, 2.75) is 6.92 Å². The Bertz CT molecular complexity index is 853. The molecule has 21 heavy (non-hydrogen) atoms. The highest BCUT2D eigenvalue weighted by molar-refractivity contribution is 5.81. The van der Waals surface area contributed by atoms with E-state index in [1.54, 1.807) is 0 Å². The fourth-order valence-electron chi connectivity index (χ4n) is 2.20. The van der Waals surface area contributed by atoms with Gasteiger partial charge in [-0.2, -0.15) is 5.26 Å². The highest BCUT2D eigenvalue weighted by Crippen LogP contribution is 2.16. The molecule has 1 heterocycles. The van der Waals surface area contributed by atoms with E-state index in [1.165, 1.54) is 5.56 Å². The summed E-state index contributed by atoms with van der Waals surface area (Å²) < 4.78 is 0. The molecule has 0 aliphatic heterocycles.